The van der Waals surface area contributed by atoms with E-state index in [1.54, 1.807) is 6.07 Å². The van der Waals surface area contributed by atoms with Crippen LogP contribution < -0.4 is 5.32 Å². The fourth-order valence-electron chi connectivity index (χ4n) is 2.53. The molecule has 0 aromatic heterocycles. The van der Waals surface area contributed by atoms with Gasteiger partial charge in [-0.05, 0) is 50.6 Å². The predicted octanol–water partition coefficient (Wildman–Crippen LogP) is 1.93. The number of nitrogens with one attached hydrogen (secondary N) is 1. The van der Waals surface area contributed by atoms with Gasteiger partial charge in [0, 0.05) is 19.1 Å². The molecule has 0 bridgehead atoms. The fourth-order valence-corrected chi connectivity index (χ4v) is 2.53. The van der Waals surface area contributed by atoms with Crippen LogP contribution in [-0.4, -0.2) is 42.3 Å². The third-order valence-electron chi connectivity index (χ3n) is 3.68. The van der Waals surface area contributed by atoms with Crippen molar-refractivity contribution in [2.45, 2.75) is 31.9 Å². The second-order valence-corrected chi connectivity index (χ2v) is 5.35. The Hall–Kier alpha value is -0.970. The molecule has 2 rings (SSSR count). The average Bonchev–Trinajstić information content (AvgIpc) is 2.88. The zero-order valence-electron chi connectivity index (χ0n) is 11.5. The minimum atomic E-state index is -0.367. The van der Waals surface area contributed by atoms with Crippen molar-refractivity contribution in [1.29, 1.82) is 0 Å². The van der Waals surface area contributed by atoms with Crippen LogP contribution in [0, 0.1) is 5.82 Å². The van der Waals surface area contributed by atoms with Gasteiger partial charge in [-0.1, -0.05) is 12.1 Å². The Bertz CT molecular complexity index is 393. The molecule has 1 aromatic rings. The van der Waals surface area contributed by atoms with Crippen LogP contribution in [0.1, 0.15) is 31.4 Å². The Labute approximate surface area is 114 Å². The van der Waals surface area contributed by atoms with Crippen molar-refractivity contribution in [1.82, 2.24) is 10.2 Å². The number of aliphatic hydroxyl groups excluding tert-OH is 1. The molecule has 2 N–H and O–H groups in total. The van der Waals surface area contributed by atoms with E-state index in [9.17, 15) is 9.50 Å². The zero-order chi connectivity index (χ0) is 13.7. The number of hydrogen-bond donors (Lipinski definition) is 2. The molecule has 1 aliphatic rings. The van der Waals surface area contributed by atoms with Crippen molar-refractivity contribution >= 4 is 0 Å². The van der Waals surface area contributed by atoms with E-state index in [0.717, 1.165) is 25.2 Å². The Morgan fingerprint density at radius 1 is 1.37 bits per heavy atom. The highest BCUT2D eigenvalue weighted by atomic mass is 19.1. The first kappa shape index (κ1) is 14.4. The molecular weight excluding hydrogens is 243 g/mol. The van der Waals surface area contributed by atoms with Crippen LogP contribution in [0.2, 0.25) is 0 Å². The maximum Gasteiger partial charge on any atom is 0.123 e. The van der Waals surface area contributed by atoms with E-state index in [-0.39, 0.29) is 18.0 Å². The van der Waals surface area contributed by atoms with E-state index in [4.69, 9.17) is 0 Å². The van der Waals surface area contributed by atoms with Crippen LogP contribution in [0.3, 0.4) is 0 Å². The van der Waals surface area contributed by atoms with Gasteiger partial charge in [-0.2, -0.15) is 0 Å². The van der Waals surface area contributed by atoms with Crippen molar-refractivity contribution in [3.05, 3.63) is 35.6 Å². The van der Waals surface area contributed by atoms with Gasteiger partial charge in [0.2, 0.25) is 0 Å². The first-order valence-corrected chi connectivity index (χ1v) is 7.04. The highest BCUT2D eigenvalue weighted by Crippen LogP contribution is 2.13. The number of rotatable bonds is 6. The predicted molar refractivity (Wildman–Crippen MR) is 74.5 cm³/mol. The van der Waals surface area contributed by atoms with Crippen LogP contribution in [-0.2, 0) is 0 Å². The van der Waals surface area contributed by atoms with E-state index < -0.39 is 0 Å². The molecule has 0 saturated carbocycles. The highest BCUT2D eigenvalue weighted by molar-refractivity contribution is 5.19. The van der Waals surface area contributed by atoms with E-state index in [1.165, 1.54) is 25.0 Å². The molecule has 4 heteroatoms. The molecule has 19 heavy (non-hydrogen) atoms. The molecule has 0 aliphatic carbocycles. The van der Waals surface area contributed by atoms with Gasteiger partial charge in [-0.25, -0.2) is 4.39 Å². The summed E-state index contributed by atoms with van der Waals surface area (Å²) < 4.78 is 13.1. The lowest BCUT2D eigenvalue weighted by molar-refractivity contribution is 0.121. The maximum atomic E-state index is 13.1. The van der Waals surface area contributed by atoms with Crippen LogP contribution in [0.15, 0.2) is 24.3 Å². The molecule has 1 aliphatic heterocycles. The summed E-state index contributed by atoms with van der Waals surface area (Å²) in [6, 6.07) is 6.63. The summed E-state index contributed by atoms with van der Waals surface area (Å²) in [5.74, 6) is -0.219. The second kappa shape index (κ2) is 6.98. The third kappa shape index (κ3) is 4.56. The highest BCUT2D eigenvalue weighted by Gasteiger charge is 2.16. The van der Waals surface area contributed by atoms with Crippen molar-refractivity contribution in [3.8, 4) is 0 Å². The van der Waals surface area contributed by atoms with Crippen molar-refractivity contribution < 1.29 is 9.50 Å². The summed E-state index contributed by atoms with van der Waals surface area (Å²) >= 11 is 0. The molecule has 2 atom stereocenters. The lowest BCUT2D eigenvalue weighted by Gasteiger charge is -2.22. The Morgan fingerprint density at radius 3 is 2.79 bits per heavy atom. The monoisotopic (exact) mass is 266 g/mol. The molecule has 0 spiro atoms. The number of halogens is 1. The van der Waals surface area contributed by atoms with E-state index in [0.29, 0.717) is 6.54 Å². The molecule has 0 amide bonds. The van der Waals surface area contributed by atoms with Gasteiger partial charge in [-0.15, -0.1) is 0 Å². The van der Waals surface area contributed by atoms with Crippen LogP contribution in [0.4, 0.5) is 4.39 Å². The molecule has 1 fully saturated rings. The molecular formula is C15H23FN2O. The van der Waals surface area contributed by atoms with Gasteiger partial charge in [0.1, 0.15) is 5.82 Å². The molecule has 2 unspecified atom stereocenters. The number of β-amino-alcohol motifs (C(OH)–C–C–N with tert-alkyl or cyclic N) is 1. The fraction of sp³-hybridized carbons (Fsp3) is 0.600. The van der Waals surface area contributed by atoms with Crippen molar-refractivity contribution in [3.63, 3.8) is 0 Å². The normalized spacial score (nSPS) is 19.5. The SMILES string of the molecule is CC(NCC(O)CN1CCCC1)c1cccc(F)c1. The minimum absolute atomic E-state index is 0.0453. The first-order valence-electron chi connectivity index (χ1n) is 7.04. The van der Waals surface area contributed by atoms with Crippen molar-refractivity contribution in [2.75, 3.05) is 26.2 Å². The molecule has 3 nitrogen and oxygen atoms in total. The summed E-state index contributed by atoms with van der Waals surface area (Å²) in [6.45, 7) is 5.43. The van der Waals surface area contributed by atoms with E-state index >= 15 is 0 Å². The minimum Gasteiger partial charge on any atom is -0.390 e. The number of aliphatic hydroxyl groups is 1. The second-order valence-electron chi connectivity index (χ2n) is 5.35. The van der Waals surface area contributed by atoms with E-state index in [1.807, 2.05) is 13.0 Å². The first-order chi connectivity index (χ1) is 9.15. The Morgan fingerprint density at radius 2 is 2.11 bits per heavy atom. The van der Waals surface area contributed by atoms with Crippen molar-refractivity contribution in [2.24, 2.45) is 0 Å². The topological polar surface area (TPSA) is 35.5 Å². The molecule has 0 radical (unpaired) electrons. The summed E-state index contributed by atoms with van der Waals surface area (Å²) in [5, 5.41) is 13.2. The molecule has 106 valence electrons. The summed E-state index contributed by atoms with van der Waals surface area (Å²) in [6.07, 6.45) is 2.11. The Kier molecular flexibility index (Phi) is 5.31. The van der Waals surface area contributed by atoms with Crippen LogP contribution in [0.5, 0.6) is 0 Å². The van der Waals surface area contributed by atoms with Gasteiger partial charge < -0.3 is 15.3 Å². The smallest absolute Gasteiger partial charge is 0.123 e. The maximum absolute atomic E-state index is 13.1. The quantitative estimate of drug-likeness (QED) is 0.826. The van der Waals surface area contributed by atoms with Gasteiger partial charge in [0.25, 0.3) is 0 Å². The standard InChI is InChI=1S/C15H23FN2O/c1-12(13-5-4-6-14(16)9-13)17-10-15(19)11-18-7-2-3-8-18/h4-6,9,12,15,17,19H,2-3,7-8,10-11H2,1H3. The summed E-state index contributed by atoms with van der Waals surface area (Å²) in [5.41, 5.74) is 0.911. The summed E-state index contributed by atoms with van der Waals surface area (Å²) in [4.78, 5) is 2.29. The van der Waals surface area contributed by atoms with Crippen LogP contribution in [0.25, 0.3) is 0 Å². The number of nitrogens with zero attached hydrogens (tertiary/aromatic N) is 1. The largest absolute Gasteiger partial charge is 0.390 e. The lowest BCUT2D eigenvalue weighted by atomic mass is 10.1. The number of hydrogen-bond acceptors (Lipinski definition) is 3. The zero-order valence-corrected chi connectivity index (χ0v) is 11.5. The number of likely N-dealkylation sites (tertiary alicyclic amines) is 1. The molecule has 1 heterocycles. The number of benzene rings is 1. The Balaban J connectivity index is 1.74. The lowest BCUT2D eigenvalue weighted by Crippen LogP contribution is -2.37. The van der Waals surface area contributed by atoms with Gasteiger partial charge in [-0.3, -0.25) is 0 Å². The molecule has 1 aromatic carbocycles. The van der Waals surface area contributed by atoms with Crippen LogP contribution >= 0.6 is 0 Å². The molecule has 1 saturated heterocycles. The van der Waals surface area contributed by atoms with E-state index in [2.05, 4.69) is 10.2 Å². The van der Waals surface area contributed by atoms with Gasteiger partial charge >= 0.3 is 0 Å². The average molecular weight is 266 g/mol. The van der Waals surface area contributed by atoms with Gasteiger partial charge in [0.15, 0.2) is 0 Å². The third-order valence-corrected chi connectivity index (χ3v) is 3.68. The summed E-state index contributed by atoms with van der Waals surface area (Å²) in [7, 11) is 0. The van der Waals surface area contributed by atoms with Gasteiger partial charge in [0.05, 0.1) is 6.10 Å².